The van der Waals surface area contributed by atoms with Crippen LogP contribution in [0, 0.1) is 0 Å². The number of benzene rings is 2. The van der Waals surface area contributed by atoms with Gasteiger partial charge >= 0.3 is 5.97 Å². The molecule has 0 saturated carbocycles. The van der Waals surface area contributed by atoms with E-state index in [-0.39, 0.29) is 5.97 Å². The molecule has 0 fully saturated rings. The van der Waals surface area contributed by atoms with Crippen LogP contribution < -0.4 is 0 Å². The van der Waals surface area contributed by atoms with E-state index in [9.17, 15) is 4.79 Å². The highest BCUT2D eigenvalue weighted by Gasteiger charge is 2.16. The van der Waals surface area contributed by atoms with Crippen LogP contribution in [0.3, 0.4) is 0 Å². The number of hydrogen-bond donors (Lipinski definition) is 0. The molecule has 0 amide bonds. The Morgan fingerprint density at radius 2 is 1.86 bits per heavy atom. The van der Waals surface area contributed by atoms with Gasteiger partial charge in [0.1, 0.15) is 0 Å². The number of methoxy groups -OCH3 is 1. The summed E-state index contributed by atoms with van der Waals surface area (Å²) >= 11 is 0. The Bertz CT molecular complexity index is 803. The molecule has 2 aromatic carbocycles. The highest BCUT2D eigenvalue weighted by molar-refractivity contribution is 6.04. The number of fused-ring (bicyclic) bond motifs is 1. The molecular formula is C19H19NO2. The number of carbonyl (C=O) groups is 1. The molecule has 0 spiro atoms. The lowest BCUT2D eigenvalue weighted by Crippen LogP contribution is -2.01. The summed E-state index contributed by atoms with van der Waals surface area (Å²) in [6, 6.07) is 16.5. The van der Waals surface area contributed by atoms with Crippen molar-refractivity contribution in [2.45, 2.75) is 19.9 Å². The molecule has 0 unspecified atom stereocenters. The smallest absolute Gasteiger partial charge is 0.340 e. The van der Waals surface area contributed by atoms with Gasteiger partial charge in [-0.1, -0.05) is 43.3 Å². The van der Waals surface area contributed by atoms with Gasteiger partial charge in [-0.15, -0.1) is 0 Å². The van der Waals surface area contributed by atoms with Crippen molar-refractivity contribution in [1.82, 2.24) is 4.57 Å². The third-order valence-corrected chi connectivity index (χ3v) is 3.95. The Morgan fingerprint density at radius 1 is 1.09 bits per heavy atom. The third kappa shape index (κ3) is 2.62. The summed E-state index contributed by atoms with van der Waals surface area (Å²) < 4.78 is 7.04. The number of aryl methyl sites for hydroxylation is 1. The molecule has 0 bridgehead atoms. The van der Waals surface area contributed by atoms with Gasteiger partial charge in [-0.2, -0.15) is 0 Å². The van der Waals surface area contributed by atoms with Gasteiger partial charge in [-0.05, 0) is 29.7 Å². The van der Waals surface area contributed by atoms with Crippen LogP contribution in [0.5, 0.6) is 0 Å². The second kappa shape index (κ2) is 6.06. The van der Waals surface area contributed by atoms with E-state index in [4.69, 9.17) is 4.74 Å². The van der Waals surface area contributed by atoms with Crippen molar-refractivity contribution in [2.75, 3.05) is 7.11 Å². The lowest BCUT2D eigenvalue weighted by atomic mass is 10.1. The summed E-state index contributed by atoms with van der Waals surface area (Å²) in [5.41, 5.74) is 4.11. The summed E-state index contributed by atoms with van der Waals surface area (Å²) in [5.74, 6) is -0.287. The molecule has 3 aromatic rings. The standard InChI is InChI=1S/C19H19NO2/c1-3-14-9-10-18-16(11-14)17(19(21)22-2)13-20(18)12-15-7-5-4-6-8-15/h4-11,13H,3,12H2,1-2H3. The number of rotatable bonds is 4. The Balaban J connectivity index is 2.12. The number of esters is 1. The number of hydrogen-bond acceptors (Lipinski definition) is 2. The third-order valence-electron chi connectivity index (χ3n) is 3.95. The fraction of sp³-hybridized carbons (Fsp3) is 0.211. The molecule has 112 valence electrons. The molecule has 0 aliphatic rings. The lowest BCUT2D eigenvalue weighted by molar-refractivity contribution is 0.0602. The van der Waals surface area contributed by atoms with E-state index in [1.165, 1.54) is 18.2 Å². The predicted molar refractivity (Wildman–Crippen MR) is 88.2 cm³/mol. The first-order chi connectivity index (χ1) is 10.7. The SMILES string of the molecule is CCc1ccc2c(c1)c(C(=O)OC)cn2Cc1ccccc1. The Labute approximate surface area is 130 Å². The van der Waals surface area contributed by atoms with Gasteiger partial charge in [0.25, 0.3) is 0 Å². The van der Waals surface area contributed by atoms with Gasteiger partial charge in [-0.3, -0.25) is 0 Å². The van der Waals surface area contributed by atoms with E-state index in [1.54, 1.807) is 0 Å². The number of nitrogens with zero attached hydrogens (tertiary/aromatic N) is 1. The zero-order valence-electron chi connectivity index (χ0n) is 12.9. The summed E-state index contributed by atoms with van der Waals surface area (Å²) in [6.45, 7) is 2.85. The Kier molecular flexibility index (Phi) is 3.96. The van der Waals surface area contributed by atoms with Gasteiger partial charge in [0.15, 0.2) is 0 Å². The summed E-state index contributed by atoms with van der Waals surface area (Å²) in [7, 11) is 1.42. The van der Waals surface area contributed by atoms with Crippen LogP contribution in [0.1, 0.15) is 28.4 Å². The van der Waals surface area contributed by atoms with Crippen LogP contribution in [-0.2, 0) is 17.7 Å². The van der Waals surface area contributed by atoms with Gasteiger partial charge in [0.2, 0.25) is 0 Å². The number of carbonyl (C=O) groups excluding carboxylic acids is 1. The minimum Gasteiger partial charge on any atom is -0.465 e. The van der Waals surface area contributed by atoms with E-state index < -0.39 is 0 Å². The molecule has 0 radical (unpaired) electrons. The maximum absolute atomic E-state index is 12.1. The summed E-state index contributed by atoms with van der Waals surface area (Å²) in [4.78, 5) is 12.1. The predicted octanol–water partition coefficient (Wildman–Crippen LogP) is 4.04. The molecule has 1 heterocycles. The second-order valence-electron chi connectivity index (χ2n) is 5.35. The highest BCUT2D eigenvalue weighted by Crippen LogP contribution is 2.25. The Hall–Kier alpha value is -2.55. The topological polar surface area (TPSA) is 31.2 Å². The molecule has 0 N–H and O–H groups in total. The fourth-order valence-electron chi connectivity index (χ4n) is 2.75. The van der Waals surface area contributed by atoms with E-state index >= 15 is 0 Å². The van der Waals surface area contributed by atoms with Gasteiger partial charge in [-0.25, -0.2) is 4.79 Å². The van der Waals surface area contributed by atoms with Crippen molar-refractivity contribution in [3.63, 3.8) is 0 Å². The molecular weight excluding hydrogens is 274 g/mol. The maximum Gasteiger partial charge on any atom is 0.340 e. The molecule has 3 rings (SSSR count). The van der Waals surface area contributed by atoms with Crippen LogP contribution in [-0.4, -0.2) is 17.6 Å². The quantitative estimate of drug-likeness (QED) is 0.680. The van der Waals surface area contributed by atoms with Gasteiger partial charge in [0, 0.05) is 23.6 Å². The van der Waals surface area contributed by atoms with E-state index in [0.717, 1.165) is 23.9 Å². The van der Waals surface area contributed by atoms with Gasteiger partial charge in [0.05, 0.1) is 12.7 Å². The first kappa shape index (κ1) is 14.4. The highest BCUT2D eigenvalue weighted by atomic mass is 16.5. The molecule has 0 aliphatic carbocycles. The van der Waals surface area contributed by atoms with Crippen LogP contribution in [0.4, 0.5) is 0 Å². The van der Waals surface area contributed by atoms with Crippen molar-refractivity contribution in [3.05, 3.63) is 71.4 Å². The first-order valence-corrected chi connectivity index (χ1v) is 7.47. The van der Waals surface area contributed by atoms with Crippen LogP contribution in [0.15, 0.2) is 54.7 Å². The molecule has 0 atom stereocenters. The summed E-state index contributed by atoms with van der Waals surface area (Å²) in [6.07, 6.45) is 2.84. The molecule has 3 heteroatoms. The van der Waals surface area contributed by atoms with Crippen molar-refractivity contribution in [1.29, 1.82) is 0 Å². The van der Waals surface area contributed by atoms with Crippen molar-refractivity contribution < 1.29 is 9.53 Å². The normalized spacial score (nSPS) is 10.8. The zero-order valence-corrected chi connectivity index (χ0v) is 12.9. The second-order valence-corrected chi connectivity index (χ2v) is 5.35. The fourth-order valence-corrected chi connectivity index (χ4v) is 2.75. The average Bonchev–Trinajstić information content (AvgIpc) is 2.93. The minimum atomic E-state index is -0.287. The van der Waals surface area contributed by atoms with Gasteiger partial charge < -0.3 is 9.30 Å². The number of ether oxygens (including phenoxy) is 1. The van der Waals surface area contributed by atoms with Crippen molar-refractivity contribution in [2.24, 2.45) is 0 Å². The lowest BCUT2D eigenvalue weighted by Gasteiger charge is -2.06. The van der Waals surface area contributed by atoms with E-state index in [0.29, 0.717) is 5.56 Å². The minimum absolute atomic E-state index is 0.287. The van der Waals surface area contributed by atoms with Crippen molar-refractivity contribution >= 4 is 16.9 Å². The summed E-state index contributed by atoms with van der Waals surface area (Å²) in [5, 5.41) is 0.960. The van der Waals surface area contributed by atoms with E-state index in [2.05, 4.69) is 41.8 Å². The molecule has 0 saturated heterocycles. The largest absolute Gasteiger partial charge is 0.465 e. The number of aromatic nitrogens is 1. The van der Waals surface area contributed by atoms with Crippen molar-refractivity contribution in [3.8, 4) is 0 Å². The van der Waals surface area contributed by atoms with E-state index in [1.807, 2.05) is 24.4 Å². The zero-order chi connectivity index (χ0) is 15.5. The van der Waals surface area contributed by atoms with Crippen LogP contribution >= 0.6 is 0 Å². The average molecular weight is 293 g/mol. The molecule has 22 heavy (non-hydrogen) atoms. The monoisotopic (exact) mass is 293 g/mol. The molecule has 1 aromatic heterocycles. The molecule has 0 aliphatic heterocycles. The maximum atomic E-state index is 12.1. The Morgan fingerprint density at radius 3 is 2.55 bits per heavy atom. The van der Waals surface area contributed by atoms with Crippen LogP contribution in [0.2, 0.25) is 0 Å². The van der Waals surface area contributed by atoms with Crippen LogP contribution in [0.25, 0.3) is 10.9 Å². The first-order valence-electron chi connectivity index (χ1n) is 7.47. The molecule has 3 nitrogen and oxygen atoms in total.